The highest BCUT2D eigenvalue weighted by Gasteiger charge is 2.03. The second kappa shape index (κ2) is 7.23. The first kappa shape index (κ1) is 14.0. The van der Waals surface area contributed by atoms with Crippen LogP contribution in [-0.4, -0.2) is 30.1 Å². The average Bonchev–Trinajstić information content (AvgIpc) is 2.81. The molecule has 0 atom stereocenters. The van der Waals surface area contributed by atoms with Crippen LogP contribution in [0.25, 0.3) is 0 Å². The van der Waals surface area contributed by atoms with Gasteiger partial charge in [0.15, 0.2) is 5.13 Å². The molecule has 2 rings (SSSR count). The molecule has 19 heavy (non-hydrogen) atoms. The van der Waals surface area contributed by atoms with E-state index in [9.17, 15) is 0 Å². The van der Waals surface area contributed by atoms with Crippen LogP contribution in [0.4, 0.5) is 5.13 Å². The fraction of sp³-hybridized carbons (Fsp3) is 0.357. The second-order valence-corrected chi connectivity index (χ2v) is 5.59. The van der Waals surface area contributed by atoms with Crippen molar-refractivity contribution in [1.29, 1.82) is 0 Å². The van der Waals surface area contributed by atoms with Gasteiger partial charge in [0, 0.05) is 24.2 Å². The summed E-state index contributed by atoms with van der Waals surface area (Å²) < 4.78 is 5.65. The van der Waals surface area contributed by atoms with E-state index in [4.69, 9.17) is 10.5 Å². The molecule has 0 amide bonds. The molecule has 0 saturated heterocycles. The first-order valence-electron chi connectivity index (χ1n) is 6.24. The van der Waals surface area contributed by atoms with E-state index < -0.39 is 0 Å². The lowest BCUT2D eigenvalue weighted by molar-refractivity contribution is 0.0982. The van der Waals surface area contributed by atoms with Crippen LogP contribution in [0.5, 0.6) is 0 Å². The lowest BCUT2D eigenvalue weighted by atomic mass is 10.2. The monoisotopic (exact) mass is 277 g/mol. The molecule has 1 heterocycles. The van der Waals surface area contributed by atoms with Crippen molar-refractivity contribution in [3.63, 3.8) is 0 Å². The molecule has 0 bridgehead atoms. The van der Waals surface area contributed by atoms with E-state index in [1.807, 2.05) is 24.4 Å². The molecule has 102 valence electrons. The number of nitrogen functional groups attached to an aromatic ring is 1. The topological polar surface area (TPSA) is 51.4 Å². The smallest absolute Gasteiger partial charge is 0.180 e. The number of rotatable bonds is 7. The van der Waals surface area contributed by atoms with Crippen LogP contribution < -0.4 is 5.73 Å². The summed E-state index contributed by atoms with van der Waals surface area (Å²) >= 11 is 1.54. The SMILES string of the molecule is CN(CCOCc1ccccc1)Cc1cnc(N)s1. The zero-order valence-corrected chi connectivity index (χ0v) is 11.9. The normalized spacial score (nSPS) is 11.1. The Kier molecular flexibility index (Phi) is 5.32. The van der Waals surface area contributed by atoms with Crippen molar-refractivity contribution in [3.05, 3.63) is 47.0 Å². The minimum Gasteiger partial charge on any atom is -0.375 e. The summed E-state index contributed by atoms with van der Waals surface area (Å²) in [6.07, 6.45) is 1.83. The Balaban J connectivity index is 1.63. The largest absolute Gasteiger partial charge is 0.375 e. The second-order valence-electron chi connectivity index (χ2n) is 4.44. The van der Waals surface area contributed by atoms with E-state index >= 15 is 0 Å². The molecule has 5 heteroatoms. The third kappa shape index (κ3) is 4.98. The number of nitrogens with two attached hydrogens (primary N) is 1. The Bertz CT molecular complexity index is 486. The maximum Gasteiger partial charge on any atom is 0.180 e. The molecule has 1 aromatic carbocycles. The van der Waals surface area contributed by atoms with Crippen molar-refractivity contribution in [3.8, 4) is 0 Å². The number of hydrogen-bond acceptors (Lipinski definition) is 5. The first-order chi connectivity index (χ1) is 9.24. The van der Waals surface area contributed by atoms with Gasteiger partial charge in [-0.05, 0) is 12.6 Å². The Hall–Kier alpha value is -1.43. The van der Waals surface area contributed by atoms with E-state index in [0.717, 1.165) is 19.7 Å². The van der Waals surface area contributed by atoms with Crippen molar-refractivity contribution in [1.82, 2.24) is 9.88 Å². The molecule has 1 aromatic heterocycles. The summed E-state index contributed by atoms with van der Waals surface area (Å²) in [7, 11) is 2.07. The van der Waals surface area contributed by atoms with Crippen molar-refractivity contribution in [2.45, 2.75) is 13.2 Å². The van der Waals surface area contributed by atoms with Gasteiger partial charge in [0.1, 0.15) is 0 Å². The molecule has 0 aliphatic rings. The van der Waals surface area contributed by atoms with Crippen LogP contribution in [0.1, 0.15) is 10.4 Å². The molecule has 2 aromatic rings. The first-order valence-corrected chi connectivity index (χ1v) is 7.06. The number of thiazole rings is 1. The fourth-order valence-corrected chi connectivity index (χ4v) is 2.49. The number of anilines is 1. The van der Waals surface area contributed by atoms with E-state index in [0.29, 0.717) is 11.7 Å². The van der Waals surface area contributed by atoms with Gasteiger partial charge in [0.05, 0.1) is 13.2 Å². The zero-order valence-electron chi connectivity index (χ0n) is 11.1. The fourth-order valence-electron chi connectivity index (χ4n) is 1.73. The van der Waals surface area contributed by atoms with E-state index in [2.05, 4.69) is 29.1 Å². The number of hydrogen-bond donors (Lipinski definition) is 1. The predicted molar refractivity (Wildman–Crippen MR) is 79.0 cm³/mol. The number of nitrogens with zero attached hydrogens (tertiary/aromatic N) is 2. The maximum atomic E-state index is 5.65. The maximum absolute atomic E-state index is 5.65. The Morgan fingerprint density at radius 1 is 1.32 bits per heavy atom. The molecule has 2 N–H and O–H groups in total. The van der Waals surface area contributed by atoms with Gasteiger partial charge in [-0.1, -0.05) is 30.3 Å². The van der Waals surface area contributed by atoms with Crippen molar-refractivity contribution >= 4 is 16.5 Å². The lowest BCUT2D eigenvalue weighted by Gasteiger charge is -2.15. The van der Waals surface area contributed by atoms with Crippen molar-refractivity contribution in [2.24, 2.45) is 0 Å². The van der Waals surface area contributed by atoms with Gasteiger partial charge in [0.2, 0.25) is 0 Å². The molecule has 4 nitrogen and oxygen atoms in total. The third-order valence-electron chi connectivity index (χ3n) is 2.73. The van der Waals surface area contributed by atoms with Gasteiger partial charge in [-0.15, -0.1) is 11.3 Å². The van der Waals surface area contributed by atoms with Gasteiger partial charge in [-0.25, -0.2) is 4.98 Å². The van der Waals surface area contributed by atoms with E-state index in [1.54, 1.807) is 0 Å². The minimum atomic E-state index is 0.628. The van der Waals surface area contributed by atoms with Gasteiger partial charge in [-0.3, -0.25) is 4.90 Å². The summed E-state index contributed by atoms with van der Waals surface area (Å²) in [6, 6.07) is 10.2. The molecular formula is C14H19N3OS. The molecule has 0 aliphatic heterocycles. The Morgan fingerprint density at radius 2 is 2.11 bits per heavy atom. The lowest BCUT2D eigenvalue weighted by Crippen LogP contribution is -2.22. The van der Waals surface area contributed by atoms with Crippen LogP contribution in [0, 0.1) is 0 Å². The van der Waals surface area contributed by atoms with Gasteiger partial charge >= 0.3 is 0 Å². The van der Waals surface area contributed by atoms with Crippen LogP contribution in [-0.2, 0) is 17.9 Å². The van der Waals surface area contributed by atoms with Gasteiger partial charge < -0.3 is 10.5 Å². The molecule has 0 spiro atoms. The van der Waals surface area contributed by atoms with Crippen LogP contribution >= 0.6 is 11.3 Å². The van der Waals surface area contributed by atoms with Crippen molar-refractivity contribution < 1.29 is 4.74 Å². The van der Waals surface area contributed by atoms with E-state index in [1.165, 1.54) is 21.8 Å². The van der Waals surface area contributed by atoms with Gasteiger partial charge in [0.25, 0.3) is 0 Å². The summed E-state index contributed by atoms with van der Waals surface area (Å²) in [5.74, 6) is 0. The third-order valence-corrected chi connectivity index (χ3v) is 3.54. The summed E-state index contributed by atoms with van der Waals surface area (Å²) in [5, 5.41) is 0.628. The summed E-state index contributed by atoms with van der Waals surface area (Å²) in [6.45, 7) is 3.15. The molecule has 0 saturated carbocycles. The Morgan fingerprint density at radius 3 is 2.79 bits per heavy atom. The highest BCUT2D eigenvalue weighted by atomic mass is 32.1. The summed E-state index contributed by atoms with van der Waals surface area (Å²) in [4.78, 5) is 7.43. The quantitative estimate of drug-likeness (QED) is 0.789. The molecule has 0 fully saturated rings. The average molecular weight is 277 g/mol. The molecule has 0 aliphatic carbocycles. The van der Waals surface area contributed by atoms with E-state index in [-0.39, 0.29) is 0 Å². The van der Waals surface area contributed by atoms with Crippen molar-refractivity contribution in [2.75, 3.05) is 25.9 Å². The number of likely N-dealkylation sites (N-methyl/N-ethyl adjacent to an activating group) is 1. The number of ether oxygens (including phenoxy) is 1. The highest BCUT2D eigenvalue weighted by molar-refractivity contribution is 7.15. The minimum absolute atomic E-state index is 0.628. The number of benzene rings is 1. The molecular weight excluding hydrogens is 258 g/mol. The van der Waals surface area contributed by atoms with Crippen LogP contribution in [0.2, 0.25) is 0 Å². The van der Waals surface area contributed by atoms with Gasteiger partial charge in [-0.2, -0.15) is 0 Å². The van der Waals surface area contributed by atoms with Crippen LogP contribution in [0.15, 0.2) is 36.5 Å². The Labute approximate surface area is 117 Å². The molecule has 0 unspecified atom stereocenters. The summed E-state index contributed by atoms with van der Waals surface area (Å²) in [5.41, 5.74) is 6.81. The molecule has 0 radical (unpaired) electrons. The standard InChI is InChI=1S/C14H19N3OS/c1-17(10-13-9-16-14(15)19-13)7-8-18-11-12-5-3-2-4-6-12/h2-6,9H,7-8,10-11H2,1H3,(H2,15,16). The predicted octanol–water partition coefficient (Wildman–Crippen LogP) is 2.37. The van der Waals surface area contributed by atoms with Crippen LogP contribution in [0.3, 0.4) is 0 Å². The zero-order chi connectivity index (χ0) is 13.5. The number of aromatic nitrogens is 1. The highest BCUT2D eigenvalue weighted by Crippen LogP contribution is 2.15.